The van der Waals surface area contributed by atoms with Gasteiger partial charge in [0.25, 0.3) is 5.91 Å². The van der Waals surface area contributed by atoms with Gasteiger partial charge in [0.2, 0.25) is 0 Å². The second-order valence-electron chi connectivity index (χ2n) is 6.61. The summed E-state index contributed by atoms with van der Waals surface area (Å²) < 4.78 is 40.1. The molecule has 0 aliphatic carbocycles. The number of halogens is 3. The Morgan fingerprint density at radius 3 is 2.47 bits per heavy atom. The summed E-state index contributed by atoms with van der Waals surface area (Å²) in [5, 5.41) is 6.93. The molecule has 0 aliphatic rings. The first-order valence-corrected chi connectivity index (χ1v) is 10.3. The maximum atomic E-state index is 12.8. The molecule has 0 aliphatic heterocycles. The van der Waals surface area contributed by atoms with Gasteiger partial charge in [-0.1, -0.05) is 18.2 Å². The zero-order chi connectivity index (χ0) is 22.6. The lowest BCUT2D eigenvalue weighted by molar-refractivity contribution is -0.0329. The average Bonchev–Trinajstić information content (AvgIpc) is 3.22. The van der Waals surface area contributed by atoms with Crippen LogP contribution in [0.4, 0.5) is 13.2 Å². The Kier molecular flexibility index (Phi) is 6.22. The van der Waals surface area contributed by atoms with Gasteiger partial charge in [-0.3, -0.25) is 9.78 Å². The molecule has 6 nitrogen and oxygen atoms in total. The fourth-order valence-corrected chi connectivity index (χ4v) is 3.63. The van der Waals surface area contributed by atoms with Gasteiger partial charge in [-0.05, 0) is 36.4 Å². The smallest absolute Gasteiger partial charge is 0.348 e. The number of nitrogens with zero attached hydrogens (tertiary/aromatic N) is 4. The SMILES string of the molecule is O=C(NCc1cn(-c2ccccc2)nc1-c1ccncc1)c1cccnc1SC(F)(F)F. The number of aromatic nitrogens is 4. The van der Waals surface area contributed by atoms with Crippen LogP contribution in [0.5, 0.6) is 0 Å². The first kappa shape index (κ1) is 21.6. The average molecular weight is 455 g/mol. The van der Waals surface area contributed by atoms with Crippen molar-refractivity contribution < 1.29 is 18.0 Å². The van der Waals surface area contributed by atoms with Crippen LogP contribution in [-0.4, -0.2) is 31.2 Å². The fraction of sp³-hybridized carbons (Fsp3) is 0.0909. The van der Waals surface area contributed by atoms with E-state index in [4.69, 9.17) is 0 Å². The van der Waals surface area contributed by atoms with E-state index < -0.39 is 28.2 Å². The van der Waals surface area contributed by atoms with E-state index in [-0.39, 0.29) is 12.1 Å². The quantitative estimate of drug-likeness (QED) is 0.420. The number of hydrogen-bond donors (Lipinski definition) is 1. The molecule has 1 N–H and O–H groups in total. The molecule has 0 spiro atoms. The topological polar surface area (TPSA) is 72.7 Å². The number of pyridine rings is 2. The predicted octanol–water partition coefficient (Wildman–Crippen LogP) is 4.87. The number of alkyl halides is 3. The molecule has 0 bridgehead atoms. The van der Waals surface area contributed by atoms with Crippen LogP contribution in [0, 0.1) is 0 Å². The Morgan fingerprint density at radius 2 is 1.75 bits per heavy atom. The van der Waals surface area contributed by atoms with Crippen LogP contribution in [0.3, 0.4) is 0 Å². The number of amides is 1. The van der Waals surface area contributed by atoms with E-state index in [9.17, 15) is 18.0 Å². The Hall–Kier alpha value is -3.66. The second-order valence-corrected chi connectivity index (χ2v) is 7.66. The molecule has 3 aromatic heterocycles. The number of carbonyl (C=O) groups is 1. The van der Waals surface area contributed by atoms with Gasteiger partial charge in [0, 0.05) is 54.2 Å². The van der Waals surface area contributed by atoms with Gasteiger partial charge in [-0.25, -0.2) is 9.67 Å². The van der Waals surface area contributed by atoms with E-state index >= 15 is 0 Å². The second kappa shape index (κ2) is 9.23. The van der Waals surface area contributed by atoms with E-state index in [0.29, 0.717) is 11.3 Å². The zero-order valence-corrected chi connectivity index (χ0v) is 17.3. The Labute approximate surface area is 185 Å². The van der Waals surface area contributed by atoms with Gasteiger partial charge in [-0.2, -0.15) is 18.3 Å². The Bertz CT molecular complexity index is 1210. The van der Waals surface area contributed by atoms with Crippen molar-refractivity contribution in [2.75, 3.05) is 0 Å². The van der Waals surface area contributed by atoms with Crippen molar-refractivity contribution in [1.82, 2.24) is 25.1 Å². The van der Waals surface area contributed by atoms with Gasteiger partial charge in [0.05, 0.1) is 16.9 Å². The van der Waals surface area contributed by atoms with E-state index in [0.717, 1.165) is 11.3 Å². The van der Waals surface area contributed by atoms with Crippen molar-refractivity contribution in [3.05, 3.63) is 90.5 Å². The lowest BCUT2D eigenvalue weighted by Gasteiger charge is -2.10. The van der Waals surface area contributed by atoms with Crippen LogP contribution in [-0.2, 0) is 6.54 Å². The molecule has 4 aromatic rings. The minimum Gasteiger partial charge on any atom is -0.348 e. The Morgan fingerprint density at radius 1 is 1.00 bits per heavy atom. The lowest BCUT2D eigenvalue weighted by atomic mass is 10.1. The van der Waals surface area contributed by atoms with Crippen molar-refractivity contribution in [3.63, 3.8) is 0 Å². The van der Waals surface area contributed by atoms with Crippen LogP contribution in [0.15, 0.2) is 84.4 Å². The highest BCUT2D eigenvalue weighted by atomic mass is 32.2. The standard InChI is InChI=1S/C22H16F3N5OS/c23-22(24,25)32-21-18(7-4-10-27-21)20(31)28-13-16-14-30(17-5-2-1-3-6-17)29-19(16)15-8-11-26-12-9-15/h1-12,14H,13H2,(H,28,31). The maximum absolute atomic E-state index is 12.8. The number of carbonyl (C=O) groups excluding carboxylic acids is 1. The molecule has 3 heterocycles. The molecule has 0 unspecified atom stereocenters. The van der Waals surface area contributed by atoms with Crippen molar-refractivity contribution in [3.8, 4) is 16.9 Å². The first-order chi connectivity index (χ1) is 15.4. The van der Waals surface area contributed by atoms with Gasteiger partial charge < -0.3 is 5.32 Å². The van der Waals surface area contributed by atoms with Crippen LogP contribution in [0.2, 0.25) is 0 Å². The van der Waals surface area contributed by atoms with Gasteiger partial charge in [0.1, 0.15) is 5.03 Å². The van der Waals surface area contributed by atoms with E-state index in [1.807, 2.05) is 30.3 Å². The molecule has 1 amide bonds. The molecule has 10 heteroatoms. The molecule has 0 atom stereocenters. The normalized spacial score (nSPS) is 11.3. The molecule has 0 saturated heterocycles. The van der Waals surface area contributed by atoms with Crippen molar-refractivity contribution >= 4 is 17.7 Å². The number of hydrogen-bond acceptors (Lipinski definition) is 5. The largest absolute Gasteiger partial charge is 0.447 e. The monoisotopic (exact) mass is 455 g/mol. The molecule has 4 rings (SSSR count). The van der Waals surface area contributed by atoms with E-state index in [1.165, 1.54) is 18.3 Å². The number of rotatable bonds is 6. The number of thioether (sulfide) groups is 1. The highest BCUT2D eigenvalue weighted by Crippen LogP contribution is 2.37. The molecule has 1 aromatic carbocycles. The van der Waals surface area contributed by atoms with Crippen LogP contribution in [0.25, 0.3) is 16.9 Å². The first-order valence-electron chi connectivity index (χ1n) is 9.44. The van der Waals surface area contributed by atoms with E-state index in [2.05, 4.69) is 20.4 Å². The van der Waals surface area contributed by atoms with Crippen LogP contribution >= 0.6 is 11.8 Å². The minimum atomic E-state index is -4.55. The fourth-order valence-electron chi connectivity index (χ4n) is 3.03. The van der Waals surface area contributed by atoms with Crippen LogP contribution < -0.4 is 5.32 Å². The third kappa shape index (κ3) is 5.14. The molecular formula is C22H16F3N5OS. The number of para-hydroxylation sites is 1. The summed E-state index contributed by atoms with van der Waals surface area (Å²) in [5.41, 5.74) is -1.73. The zero-order valence-electron chi connectivity index (χ0n) is 16.5. The molecule has 0 radical (unpaired) electrons. The van der Waals surface area contributed by atoms with Gasteiger partial charge in [-0.15, -0.1) is 0 Å². The predicted molar refractivity (Wildman–Crippen MR) is 114 cm³/mol. The molecular weight excluding hydrogens is 439 g/mol. The third-order valence-corrected chi connectivity index (χ3v) is 5.18. The molecule has 0 saturated carbocycles. The summed E-state index contributed by atoms with van der Waals surface area (Å²) in [4.78, 5) is 20.4. The maximum Gasteiger partial charge on any atom is 0.447 e. The summed E-state index contributed by atoms with van der Waals surface area (Å²) in [6.07, 6.45) is 6.27. The molecule has 32 heavy (non-hydrogen) atoms. The number of benzene rings is 1. The van der Waals surface area contributed by atoms with Crippen LogP contribution in [0.1, 0.15) is 15.9 Å². The van der Waals surface area contributed by atoms with Crippen molar-refractivity contribution in [1.29, 1.82) is 0 Å². The molecule has 0 fully saturated rings. The summed E-state index contributed by atoms with van der Waals surface area (Å²) in [6, 6.07) is 15.8. The number of nitrogens with one attached hydrogen (secondary N) is 1. The highest BCUT2D eigenvalue weighted by Gasteiger charge is 2.32. The molecule has 162 valence electrons. The third-order valence-electron chi connectivity index (χ3n) is 4.43. The van der Waals surface area contributed by atoms with Crippen molar-refractivity contribution in [2.24, 2.45) is 0 Å². The highest BCUT2D eigenvalue weighted by molar-refractivity contribution is 8.00. The van der Waals surface area contributed by atoms with E-state index in [1.54, 1.807) is 35.4 Å². The summed E-state index contributed by atoms with van der Waals surface area (Å²) in [6.45, 7) is 0.0638. The minimum absolute atomic E-state index is 0.0638. The van der Waals surface area contributed by atoms with Gasteiger partial charge in [0.15, 0.2) is 0 Å². The van der Waals surface area contributed by atoms with Gasteiger partial charge >= 0.3 is 5.51 Å². The van der Waals surface area contributed by atoms with Crippen molar-refractivity contribution in [2.45, 2.75) is 17.1 Å². The lowest BCUT2D eigenvalue weighted by Crippen LogP contribution is -2.24. The summed E-state index contributed by atoms with van der Waals surface area (Å²) in [7, 11) is 0. The summed E-state index contributed by atoms with van der Waals surface area (Å²) in [5.74, 6) is -0.655. The summed E-state index contributed by atoms with van der Waals surface area (Å²) >= 11 is -0.417. The Balaban J connectivity index is 1.61.